The van der Waals surface area contributed by atoms with Crippen molar-refractivity contribution in [1.82, 2.24) is 0 Å². The molecule has 0 aromatic carbocycles. The lowest BCUT2D eigenvalue weighted by Crippen LogP contribution is -1.88. The van der Waals surface area contributed by atoms with E-state index in [4.69, 9.17) is 0 Å². The maximum atomic E-state index is 4.67. The molecule has 0 radical (unpaired) electrons. The molecule has 1 rings (SSSR count). The van der Waals surface area contributed by atoms with E-state index in [2.05, 4.69) is 23.6 Å². The van der Waals surface area contributed by atoms with Gasteiger partial charge in [-0.1, -0.05) is 46.0 Å². The summed E-state index contributed by atoms with van der Waals surface area (Å²) in [5, 5.41) is 0. The Morgan fingerprint density at radius 3 is 2.15 bits per heavy atom. The third-order valence-corrected chi connectivity index (χ3v) is 2.45. The topological polar surface area (TPSA) is 25.1 Å². The van der Waals surface area contributed by atoms with Gasteiger partial charge in [-0.15, -0.1) is 0 Å². The van der Waals surface area contributed by atoms with Crippen LogP contribution in [0.3, 0.4) is 0 Å². The van der Waals surface area contributed by atoms with Crippen molar-refractivity contribution in [2.24, 2.45) is 5.92 Å². The zero-order chi connectivity index (χ0) is 9.52. The van der Waals surface area contributed by atoms with Gasteiger partial charge in [-0.2, -0.15) is 9.78 Å². The molecule has 0 aromatic heterocycles. The van der Waals surface area contributed by atoms with Gasteiger partial charge < -0.3 is 0 Å². The normalized spacial score (nSPS) is 16.8. The Bertz CT molecular complexity index is 113. The van der Waals surface area contributed by atoms with Crippen LogP contribution in [0.1, 0.15) is 58.8 Å². The van der Waals surface area contributed by atoms with Crippen LogP contribution in [-0.2, 0) is 9.78 Å². The van der Waals surface area contributed by atoms with Crippen LogP contribution in [0.4, 0.5) is 0 Å². The van der Waals surface area contributed by atoms with E-state index in [-0.39, 0.29) is 6.29 Å². The minimum Gasteiger partial charge on any atom is -0.199 e. The fraction of sp³-hybridized carbons (Fsp3) is 1.00. The van der Waals surface area contributed by atoms with Crippen LogP contribution in [0, 0.1) is 5.92 Å². The van der Waals surface area contributed by atoms with E-state index >= 15 is 0 Å². The Balaban J connectivity index is 1.68. The summed E-state index contributed by atoms with van der Waals surface area (Å²) in [4.78, 5) is 9.34. The average molecular weight is 186 g/mol. The van der Waals surface area contributed by atoms with Crippen molar-refractivity contribution in [2.45, 2.75) is 65.1 Å². The van der Waals surface area contributed by atoms with Gasteiger partial charge in [0, 0.05) is 6.42 Å². The van der Waals surface area contributed by atoms with Crippen molar-refractivity contribution in [3.05, 3.63) is 0 Å². The lowest BCUT2D eigenvalue weighted by molar-refractivity contribution is 0.0850. The van der Waals surface area contributed by atoms with E-state index in [9.17, 15) is 0 Å². The van der Waals surface area contributed by atoms with Gasteiger partial charge in [0.05, 0.1) is 0 Å². The molecule has 2 heteroatoms. The molecule has 0 aromatic rings. The third-order valence-electron chi connectivity index (χ3n) is 2.45. The fourth-order valence-corrected chi connectivity index (χ4v) is 1.53. The first-order chi connectivity index (χ1) is 6.29. The second-order valence-electron chi connectivity index (χ2n) is 4.36. The molecule has 0 saturated carbocycles. The molecule has 2 nitrogen and oxygen atoms in total. The lowest BCUT2D eigenvalue weighted by atomic mass is 10.0. The number of unbranched alkanes of at least 4 members (excludes halogenated alkanes) is 4. The van der Waals surface area contributed by atoms with Crippen LogP contribution in [-0.4, -0.2) is 6.29 Å². The first kappa shape index (κ1) is 11.0. The first-order valence-electron chi connectivity index (χ1n) is 5.61. The molecule has 0 unspecified atom stereocenters. The van der Waals surface area contributed by atoms with Crippen molar-refractivity contribution in [1.29, 1.82) is 0 Å². The molecule has 1 fully saturated rings. The molecular formula is C11H22O2. The van der Waals surface area contributed by atoms with Crippen LogP contribution in [0.15, 0.2) is 0 Å². The Morgan fingerprint density at radius 1 is 0.923 bits per heavy atom. The summed E-state index contributed by atoms with van der Waals surface area (Å²) in [6, 6.07) is 0. The van der Waals surface area contributed by atoms with E-state index in [0.717, 1.165) is 12.3 Å². The minimum absolute atomic E-state index is 0.149. The summed E-state index contributed by atoms with van der Waals surface area (Å²) in [5.74, 6) is 0.869. The maximum absolute atomic E-state index is 4.67. The van der Waals surface area contributed by atoms with Gasteiger partial charge in [-0.3, -0.25) is 0 Å². The van der Waals surface area contributed by atoms with Gasteiger partial charge in [-0.25, -0.2) is 0 Å². The van der Waals surface area contributed by atoms with Gasteiger partial charge >= 0.3 is 0 Å². The van der Waals surface area contributed by atoms with Gasteiger partial charge in [0.1, 0.15) is 0 Å². The van der Waals surface area contributed by atoms with E-state index < -0.39 is 0 Å². The molecule has 0 atom stereocenters. The standard InChI is InChI=1S/C11H22O2/c1-10(2)8-6-4-3-5-7-9-11-12-13-11/h10-11H,3-9H2,1-2H3. The van der Waals surface area contributed by atoms with Gasteiger partial charge in [-0.05, 0) is 12.3 Å². The molecule has 1 saturated heterocycles. The van der Waals surface area contributed by atoms with E-state index in [0.29, 0.717) is 0 Å². The number of rotatable bonds is 8. The van der Waals surface area contributed by atoms with Crippen molar-refractivity contribution in [2.75, 3.05) is 0 Å². The molecule has 0 aliphatic carbocycles. The summed E-state index contributed by atoms with van der Waals surface area (Å²) in [6.07, 6.45) is 9.38. The lowest BCUT2D eigenvalue weighted by Gasteiger charge is -2.03. The molecule has 13 heavy (non-hydrogen) atoms. The van der Waals surface area contributed by atoms with Crippen LogP contribution in [0.5, 0.6) is 0 Å². The van der Waals surface area contributed by atoms with Crippen LogP contribution in [0.25, 0.3) is 0 Å². The molecular weight excluding hydrogens is 164 g/mol. The molecule has 0 N–H and O–H groups in total. The molecule has 0 bridgehead atoms. The van der Waals surface area contributed by atoms with E-state index in [1.165, 1.54) is 38.5 Å². The Morgan fingerprint density at radius 2 is 1.54 bits per heavy atom. The van der Waals surface area contributed by atoms with E-state index in [1.54, 1.807) is 0 Å². The molecule has 1 aliphatic heterocycles. The molecule has 0 amide bonds. The Labute approximate surface area is 81.5 Å². The highest BCUT2D eigenvalue weighted by atomic mass is 17.4. The SMILES string of the molecule is CC(C)CCCCCCCC1OO1. The van der Waals surface area contributed by atoms with Gasteiger partial charge in [0.2, 0.25) is 6.29 Å². The largest absolute Gasteiger partial charge is 0.224 e. The summed E-state index contributed by atoms with van der Waals surface area (Å²) in [7, 11) is 0. The monoisotopic (exact) mass is 186 g/mol. The highest BCUT2D eigenvalue weighted by molar-refractivity contribution is 4.51. The highest BCUT2D eigenvalue weighted by Gasteiger charge is 2.24. The van der Waals surface area contributed by atoms with Crippen molar-refractivity contribution in [3.8, 4) is 0 Å². The first-order valence-corrected chi connectivity index (χ1v) is 5.61. The van der Waals surface area contributed by atoms with Gasteiger partial charge in [0.15, 0.2) is 0 Å². The quantitative estimate of drug-likeness (QED) is 0.328. The highest BCUT2D eigenvalue weighted by Crippen LogP contribution is 2.20. The summed E-state index contributed by atoms with van der Waals surface area (Å²) >= 11 is 0. The zero-order valence-corrected chi connectivity index (χ0v) is 8.92. The number of hydrogen-bond donors (Lipinski definition) is 0. The van der Waals surface area contributed by atoms with Crippen molar-refractivity contribution < 1.29 is 9.78 Å². The molecule has 78 valence electrons. The second-order valence-corrected chi connectivity index (χ2v) is 4.36. The molecule has 1 heterocycles. The molecule has 0 spiro atoms. The maximum Gasteiger partial charge on any atom is 0.224 e. The predicted molar refractivity (Wildman–Crippen MR) is 53.1 cm³/mol. The fourth-order valence-electron chi connectivity index (χ4n) is 1.53. The summed E-state index contributed by atoms with van der Waals surface area (Å²) in [5.41, 5.74) is 0. The minimum atomic E-state index is 0.149. The van der Waals surface area contributed by atoms with Crippen LogP contribution < -0.4 is 0 Å². The third kappa shape index (κ3) is 7.03. The average Bonchev–Trinajstić information content (AvgIpc) is 2.86. The molecule has 1 aliphatic rings. The van der Waals surface area contributed by atoms with Gasteiger partial charge in [0.25, 0.3) is 0 Å². The summed E-state index contributed by atoms with van der Waals surface area (Å²) in [6.45, 7) is 4.59. The van der Waals surface area contributed by atoms with Crippen molar-refractivity contribution in [3.63, 3.8) is 0 Å². The predicted octanol–water partition coefficient (Wildman–Crippen LogP) is 3.66. The summed E-state index contributed by atoms with van der Waals surface area (Å²) < 4.78 is 0. The number of hydrogen-bond acceptors (Lipinski definition) is 2. The zero-order valence-electron chi connectivity index (χ0n) is 8.92. The smallest absolute Gasteiger partial charge is 0.199 e. The Kier molecular flexibility index (Phi) is 5.40. The van der Waals surface area contributed by atoms with Crippen LogP contribution >= 0.6 is 0 Å². The van der Waals surface area contributed by atoms with E-state index in [1.807, 2.05) is 0 Å². The van der Waals surface area contributed by atoms with Crippen LogP contribution in [0.2, 0.25) is 0 Å². The Hall–Kier alpha value is -0.0800. The van der Waals surface area contributed by atoms with Crippen molar-refractivity contribution >= 4 is 0 Å². The second kappa shape index (κ2) is 6.39.